The molecule has 0 saturated heterocycles. The summed E-state index contributed by atoms with van der Waals surface area (Å²) < 4.78 is 6.95. The van der Waals surface area contributed by atoms with Crippen LogP contribution in [0.2, 0.25) is 0 Å². The Morgan fingerprint density at radius 2 is 1.57 bits per heavy atom. The SMILES string of the molecule is COC(=O)c1c2ccccc2c(C)n1-c1ccc(C)cc1. The third-order valence-electron chi connectivity index (χ3n) is 3.80. The van der Waals surface area contributed by atoms with Crippen molar-refractivity contribution in [2.45, 2.75) is 13.8 Å². The molecule has 0 N–H and O–H groups in total. The summed E-state index contributed by atoms with van der Waals surface area (Å²) in [6.45, 7) is 4.07. The van der Waals surface area contributed by atoms with Crippen molar-refractivity contribution in [2.75, 3.05) is 7.11 Å². The molecule has 1 aromatic heterocycles. The molecule has 21 heavy (non-hydrogen) atoms. The van der Waals surface area contributed by atoms with E-state index in [4.69, 9.17) is 4.74 Å². The Morgan fingerprint density at radius 1 is 0.952 bits per heavy atom. The highest BCUT2D eigenvalue weighted by Crippen LogP contribution is 2.29. The zero-order valence-corrected chi connectivity index (χ0v) is 12.4. The molecule has 0 saturated carbocycles. The molecule has 0 spiro atoms. The minimum atomic E-state index is -0.320. The Kier molecular flexibility index (Phi) is 3.26. The van der Waals surface area contributed by atoms with E-state index in [1.807, 2.05) is 66.9 Å². The molecule has 0 radical (unpaired) electrons. The number of aromatic nitrogens is 1. The van der Waals surface area contributed by atoms with Crippen LogP contribution in [0.3, 0.4) is 0 Å². The lowest BCUT2D eigenvalue weighted by Crippen LogP contribution is -2.10. The van der Waals surface area contributed by atoms with Crippen LogP contribution in [0.1, 0.15) is 21.7 Å². The van der Waals surface area contributed by atoms with Crippen molar-refractivity contribution in [2.24, 2.45) is 0 Å². The van der Waals surface area contributed by atoms with Crippen LogP contribution < -0.4 is 0 Å². The van der Waals surface area contributed by atoms with Crippen molar-refractivity contribution in [3.05, 3.63) is 65.5 Å². The maximum Gasteiger partial charge on any atom is 0.355 e. The van der Waals surface area contributed by atoms with Gasteiger partial charge in [0.05, 0.1) is 7.11 Å². The Balaban J connectivity index is 2.37. The zero-order valence-electron chi connectivity index (χ0n) is 12.4. The van der Waals surface area contributed by atoms with Crippen molar-refractivity contribution in [3.63, 3.8) is 0 Å². The number of rotatable bonds is 2. The van der Waals surface area contributed by atoms with Crippen molar-refractivity contribution in [3.8, 4) is 5.69 Å². The molecular weight excluding hydrogens is 262 g/mol. The monoisotopic (exact) mass is 279 g/mol. The van der Waals surface area contributed by atoms with Gasteiger partial charge in [-0.05, 0) is 26.0 Å². The van der Waals surface area contributed by atoms with Crippen LogP contribution in [0.15, 0.2) is 48.5 Å². The highest BCUT2D eigenvalue weighted by Gasteiger charge is 2.21. The topological polar surface area (TPSA) is 31.2 Å². The zero-order chi connectivity index (χ0) is 15.0. The highest BCUT2D eigenvalue weighted by atomic mass is 16.5. The summed E-state index contributed by atoms with van der Waals surface area (Å²) in [7, 11) is 1.42. The summed E-state index contributed by atoms with van der Waals surface area (Å²) in [5.41, 5.74) is 3.77. The number of esters is 1. The molecule has 0 aliphatic carbocycles. The van der Waals surface area contributed by atoms with E-state index >= 15 is 0 Å². The number of aryl methyl sites for hydroxylation is 2. The lowest BCUT2D eigenvalue weighted by molar-refractivity contribution is 0.0594. The first-order valence-corrected chi connectivity index (χ1v) is 6.89. The van der Waals surface area contributed by atoms with Crippen molar-refractivity contribution in [1.29, 1.82) is 0 Å². The van der Waals surface area contributed by atoms with Gasteiger partial charge in [-0.2, -0.15) is 0 Å². The molecule has 0 atom stereocenters. The van der Waals surface area contributed by atoms with Gasteiger partial charge in [0.1, 0.15) is 5.69 Å². The molecule has 2 aromatic carbocycles. The molecule has 0 unspecified atom stereocenters. The quantitative estimate of drug-likeness (QED) is 0.663. The number of methoxy groups -OCH3 is 1. The maximum atomic E-state index is 12.3. The van der Waals surface area contributed by atoms with Gasteiger partial charge in [-0.1, -0.05) is 42.0 Å². The lowest BCUT2D eigenvalue weighted by atomic mass is 10.1. The molecule has 0 aliphatic rings. The van der Waals surface area contributed by atoms with Crippen molar-refractivity contribution < 1.29 is 9.53 Å². The van der Waals surface area contributed by atoms with Crippen molar-refractivity contribution in [1.82, 2.24) is 4.57 Å². The standard InChI is InChI=1S/C18H17NO2/c1-12-8-10-14(11-9-12)19-13(2)15-6-4-5-7-16(15)17(19)18(20)21-3/h4-11H,1-3H3. The van der Waals surface area contributed by atoms with Gasteiger partial charge in [0.15, 0.2) is 0 Å². The molecule has 0 bridgehead atoms. The van der Waals surface area contributed by atoms with E-state index in [1.165, 1.54) is 12.7 Å². The molecule has 3 nitrogen and oxygen atoms in total. The molecule has 3 aromatic rings. The van der Waals surface area contributed by atoms with Crippen LogP contribution >= 0.6 is 0 Å². The summed E-state index contributed by atoms with van der Waals surface area (Å²) >= 11 is 0. The second-order valence-corrected chi connectivity index (χ2v) is 5.14. The first-order chi connectivity index (χ1) is 10.1. The normalized spacial score (nSPS) is 10.8. The smallest absolute Gasteiger partial charge is 0.355 e. The summed E-state index contributed by atoms with van der Waals surface area (Å²) in [4.78, 5) is 12.3. The largest absolute Gasteiger partial charge is 0.464 e. The molecular formula is C18H17NO2. The molecule has 0 amide bonds. The van der Waals surface area contributed by atoms with Gasteiger partial charge in [0.2, 0.25) is 0 Å². The van der Waals surface area contributed by atoms with E-state index in [2.05, 4.69) is 0 Å². The third-order valence-corrected chi connectivity index (χ3v) is 3.80. The van der Waals surface area contributed by atoms with Crippen LogP contribution in [0.25, 0.3) is 16.5 Å². The van der Waals surface area contributed by atoms with E-state index in [9.17, 15) is 4.79 Å². The van der Waals surface area contributed by atoms with Gasteiger partial charge in [-0.15, -0.1) is 0 Å². The van der Waals surface area contributed by atoms with Gasteiger partial charge in [-0.3, -0.25) is 0 Å². The third kappa shape index (κ3) is 2.11. The Bertz CT molecular complexity index is 813. The number of nitrogens with zero attached hydrogens (tertiary/aromatic N) is 1. The minimum absolute atomic E-state index is 0.320. The predicted molar refractivity (Wildman–Crippen MR) is 84.1 cm³/mol. The fraction of sp³-hybridized carbons (Fsp3) is 0.167. The predicted octanol–water partition coefficient (Wildman–Crippen LogP) is 4.03. The van der Waals surface area contributed by atoms with Crippen LogP contribution in [0.4, 0.5) is 0 Å². The van der Waals surface area contributed by atoms with E-state index in [1.54, 1.807) is 0 Å². The van der Waals surface area contributed by atoms with Crippen LogP contribution in [-0.2, 0) is 4.74 Å². The number of carbonyl (C=O) groups is 1. The molecule has 3 rings (SSSR count). The van der Waals surface area contributed by atoms with E-state index in [-0.39, 0.29) is 5.97 Å². The first kappa shape index (κ1) is 13.4. The average molecular weight is 279 g/mol. The Hall–Kier alpha value is -2.55. The van der Waals surface area contributed by atoms with Gasteiger partial charge >= 0.3 is 5.97 Å². The van der Waals surface area contributed by atoms with Crippen LogP contribution in [0.5, 0.6) is 0 Å². The molecule has 0 fully saturated rings. The molecule has 1 heterocycles. The number of benzene rings is 2. The molecule has 3 heteroatoms. The molecule has 0 aliphatic heterocycles. The van der Waals surface area contributed by atoms with E-state index < -0.39 is 0 Å². The van der Waals surface area contributed by atoms with Gasteiger partial charge < -0.3 is 9.30 Å². The second kappa shape index (κ2) is 5.09. The second-order valence-electron chi connectivity index (χ2n) is 5.14. The number of carbonyl (C=O) groups excluding carboxylic acids is 1. The summed E-state index contributed by atoms with van der Waals surface area (Å²) in [6.07, 6.45) is 0. The van der Waals surface area contributed by atoms with E-state index in [0.717, 1.165) is 22.2 Å². The summed E-state index contributed by atoms with van der Waals surface area (Å²) in [5.74, 6) is -0.320. The van der Waals surface area contributed by atoms with Crippen LogP contribution in [0, 0.1) is 13.8 Å². The fourth-order valence-electron chi connectivity index (χ4n) is 2.73. The highest BCUT2D eigenvalue weighted by molar-refractivity contribution is 6.05. The van der Waals surface area contributed by atoms with Gasteiger partial charge in [0.25, 0.3) is 0 Å². The number of hydrogen-bond donors (Lipinski definition) is 0. The van der Waals surface area contributed by atoms with E-state index in [0.29, 0.717) is 5.69 Å². The van der Waals surface area contributed by atoms with Crippen molar-refractivity contribution >= 4 is 16.7 Å². The summed E-state index contributed by atoms with van der Waals surface area (Å²) in [6, 6.07) is 16.0. The Morgan fingerprint density at radius 3 is 2.19 bits per heavy atom. The number of fused-ring (bicyclic) bond motifs is 1. The van der Waals surface area contributed by atoms with Crippen LogP contribution in [-0.4, -0.2) is 17.6 Å². The Labute approximate surface area is 123 Å². The summed E-state index contributed by atoms with van der Waals surface area (Å²) in [5, 5.41) is 1.99. The van der Waals surface area contributed by atoms with Gasteiger partial charge in [0, 0.05) is 22.2 Å². The minimum Gasteiger partial charge on any atom is -0.464 e. The first-order valence-electron chi connectivity index (χ1n) is 6.89. The number of hydrogen-bond acceptors (Lipinski definition) is 2. The maximum absolute atomic E-state index is 12.3. The number of ether oxygens (including phenoxy) is 1. The fourth-order valence-corrected chi connectivity index (χ4v) is 2.73. The molecule has 106 valence electrons. The van der Waals surface area contributed by atoms with Gasteiger partial charge in [-0.25, -0.2) is 4.79 Å². The average Bonchev–Trinajstić information content (AvgIpc) is 2.81. The lowest BCUT2D eigenvalue weighted by Gasteiger charge is -2.11.